The largest absolute Gasteiger partial charge is 0.469 e. The summed E-state index contributed by atoms with van der Waals surface area (Å²) in [6.45, 7) is 2.33. The van der Waals surface area contributed by atoms with Gasteiger partial charge in [-0.1, -0.05) is 0 Å². The minimum atomic E-state index is -0.275. The van der Waals surface area contributed by atoms with Crippen LogP contribution in [0.1, 0.15) is 17.5 Å². The number of carbonyl (C=O) groups is 1. The maximum atomic E-state index is 11.0. The van der Waals surface area contributed by atoms with E-state index in [2.05, 4.69) is 15.8 Å². The quantitative estimate of drug-likeness (QED) is 0.732. The van der Waals surface area contributed by atoms with Crippen molar-refractivity contribution in [1.82, 2.24) is 4.98 Å². The van der Waals surface area contributed by atoms with E-state index in [-0.39, 0.29) is 12.4 Å². The van der Waals surface area contributed by atoms with Crippen LogP contribution >= 0.6 is 0 Å². The van der Waals surface area contributed by atoms with Crippen molar-refractivity contribution < 1.29 is 9.53 Å². The van der Waals surface area contributed by atoms with Gasteiger partial charge in [-0.2, -0.15) is 5.26 Å². The van der Waals surface area contributed by atoms with Crippen LogP contribution in [0.25, 0.3) is 0 Å². The Labute approximate surface area is 101 Å². The summed E-state index contributed by atoms with van der Waals surface area (Å²) in [5.74, 6) is 0.319. The lowest BCUT2D eigenvalue weighted by atomic mass is 10.1. The zero-order valence-electron chi connectivity index (χ0n) is 10.2. The number of nitrogens with zero attached hydrogens (tertiary/aromatic N) is 3. The third-order valence-electron chi connectivity index (χ3n) is 2.49. The number of nitriles is 1. The van der Waals surface area contributed by atoms with E-state index in [0.717, 1.165) is 5.56 Å². The Hall–Kier alpha value is -2.09. The first-order chi connectivity index (χ1) is 8.10. The number of carbonyl (C=O) groups excluding carboxylic acids is 1. The zero-order chi connectivity index (χ0) is 12.8. The van der Waals surface area contributed by atoms with Gasteiger partial charge in [-0.3, -0.25) is 4.79 Å². The molecule has 0 radical (unpaired) electrons. The van der Waals surface area contributed by atoms with E-state index >= 15 is 0 Å². The molecule has 0 fully saturated rings. The van der Waals surface area contributed by atoms with Crippen molar-refractivity contribution in [2.24, 2.45) is 0 Å². The molecule has 0 aliphatic carbocycles. The highest BCUT2D eigenvalue weighted by Gasteiger charge is 2.12. The van der Waals surface area contributed by atoms with Gasteiger partial charge in [0.05, 0.1) is 19.1 Å². The first-order valence-corrected chi connectivity index (χ1v) is 5.23. The number of hydrogen-bond donors (Lipinski definition) is 0. The SMILES string of the molecule is COC(=O)CCN(C)c1nccc(C)c1C#N. The maximum Gasteiger partial charge on any atom is 0.307 e. The molecule has 0 aromatic carbocycles. The summed E-state index contributed by atoms with van der Waals surface area (Å²) in [6.07, 6.45) is 1.92. The van der Waals surface area contributed by atoms with E-state index in [4.69, 9.17) is 5.26 Å². The van der Waals surface area contributed by atoms with Gasteiger partial charge < -0.3 is 9.64 Å². The van der Waals surface area contributed by atoms with Gasteiger partial charge in [0.1, 0.15) is 11.9 Å². The highest BCUT2D eigenvalue weighted by Crippen LogP contribution is 2.18. The maximum absolute atomic E-state index is 11.0. The monoisotopic (exact) mass is 233 g/mol. The van der Waals surface area contributed by atoms with Crippen molar-refractivity contribution in [2.45, 2.75) is 13.3 Å². The second-order valence-electron chi connectivity index (χ2n) is 3.69. The molecule has 1 aromatic rings. The van der Waals surface area contributed by atoms with Gasteiger partial charge >= 0.3 is 5.97 Å². The summed E-state index contributed by atoms with van der Waals surface area (Å²) in [5.41, 5.74) is 1.42. The van der Waals surface area contributed by atoms with Crippen LogP contribution < -0.4 is 4.90 Å². The van der Waals surface area contributed by atoms with E-state index in [9.17, 15) is 4.79 Å². The Morgan fingerprint density at radius 3 is 2.94 bits per heavy atom. The lowest BCUT2D eigenvalue weighted by Crippen LogP contribution is -2.23. The summed E-state index contributed by atoms with van der Waals surface area (Å²) in [5, 5.41) is 9.06. The van der Waals surface area contributed by atoms with Crippen molar-refractivity contribution in [3.05, 3.63) is 23.4 Å². The van der Waals surface area contributed by atoms with Crippen LogP contribution in [0.2, 0.25) is 0 Å². The summed E-state index contributed by atoms with van der Waals surface area (Å²) in [4.78, 5) is 17.0. The topological polar surface area (TPSA) is 66.2 Å². The minimum Gasteiger partial charge on any atom is -0.469 e. The van der Waals surface area contributed by atoms with E-state index in [0.29, 0.717) is 17.9 Å². The van der Waals surface area contributed by atoms with Crippen LogP contribution in [0.5, 0.6) is 0 Å². The third kappa shape index (κ3) is 3.18. The second kappa shape index (κ2) is 5.85. The van der Waals surface area contributed by atoms with E-state index < -0.39 is 0 Å². The number of aromatic nitrogens is 1. The number of ether oxygens (including phenoxy) is 1. The van der Waals surface area contributed by atoms with Crippen molar-refractivity contribution >= 4 is 11.8 Å². The zero-order valence-corrected chi connectivity index (χ0v) is 10.2. The van der Waals surface area contributed by atoms with Gasteiger partial charge in [0.15, 0.2) is 0 Å². The molecule has 0 unspecified atom stereocenters. The molecule has 0 amide bonds. The molecule has 0 aliphatic rings. The highest BCUT2D eigenvalue weighted by molar-refractivity contribution is 5.70. The molecule has 1 rings (SSSR count). The third-order valence-corrected chi connectivity index (χ3v) is 2.49. The molecule has 17 heavy (non-hydrogen) atoms. The molecule has 90 valence electrons. The normalized spacial score (nSPS) is 9.53. The van der Waals surface area contributed by atoms with Gasteiger partial charge in [-0.05, 0) is 18.6 Å². The Balaban J connectivity index is 2.82. The minimum absolute atomic E-state index is 0.271. The fourth-order valence-corrected chi connectivity index (χ4v) is 1.44. The molecule has 0 atom stereocenters. The molecule has 0 N–H and O–H groups in total. The van der Waals surface area contributed by atoms with Crippen molar-refractivity contribution in [3.8, 4) is 6.07 Å². The smallest absolute Gasteiger partial charge is 0.307 e. The van der Waals surface area contributed by atoms with Crippen molar-refractivity contribution in [1.29, 1.82) is 5.26 Å². The van der Waals surface area contributed by atoms with Crippen LogP contribution in [0.4, 0.5) is 5.82 Å². The Kier molecular flexibility index (Phi) is 4.46. The molecule has 0 saturated carbocycles. The molecule has 0 aliphatic heterocycles. The molecule has 0 bridgehead atoms. The highest BCUT2D eigenvalue weighted by atomic mass is 16.5. The number of hydrogen-bond acceptors (Lipinski definition) is 5. The molecular weight excluding hydrogens is 218 g/mol. The van der Waals surface area contributed by atoms with Crippen LogP contribution in [0.15, 0.2) is 12.3 Å². The van der Waals surface area contributed by atoms with Crippen LogP contribution in [0.3, 0.4) is 0 Å². The summed E-state index contributed by atoms with van der Waals surface area (Å²) < 4.78 is 4.57. The van der Waals surface area contributed by atoms with Crippen LogP contribution in [-0.2, 0) is 9.53 Å². The van der Waals surface area contributed by atoms with Crippen LogP contribution in [-0.4, -0.2) is 31.7 Å². The van der Waals surface area contributed by atoms with E-state index in [1.807, 2.05) is 6.92 Å². The molecule has 5 nitrogen and oxygen atoms in total. The predicted molar refractivity (Wildman–Crippen MR) is 63.6 cm³/mol. The van der Waals surface area contributed by atoms with Gasteiger partial charge in [-0.25, -0.2) is 4.98 Å². The van der Waals surface area contributed by atoms with Gasteiger partial charge in [0.2, 0.25) is 0 Å². The number of pyridine rings is 1. The molecule has 0 spiro atoms. The first kappa shape index (κ1) is 13.0. The Morgan fingerprint density at radius 1 is 1.65 bits per heavy atom. The first-order valence-electron chi connectivity index (χ1n) is 5.23. The standard InChI is InChI=1S/C12H15N3O2/c1-9-4-6-14-12(10(9)8-13)15(2)7-5-11(16)17-3/h4,6H,5,7H2,1-3H3. The second-order valence-corrected chi connectivity index (χ2v) is 3.69. The molecule has 0 saturated heterocycles. The lowest BCUT2D eigenvalue weighted by Gasteiger charge is -2.19. The summed E-state index contributed by atoms with van der Waals surface area (Å²) in [7, 11) is 3.15. The van der Waals surface area contributed by atoms with E-state index in [1.165, 1.54) is 7.11 Å². The molecular formula is C12H15N3O2. The molecule has 1 heterocycles. The van der Waals surface area contributed by atoms with Gasteiger partial charge in [0.25, 0.3) is 0 Å². The average molecular weight is 233 g/mol. The van der Waals surface area contributed by atoms with Crippen molar-refractivity contribution in [2.75, 3.05) is 25.6 Å². The van der Waals surface area contributed by atoms with Gasteiger partial charge in [-0.15, -0.1) is 0 Å². The number of anilines is 1. The fraction of sp³-hybridized carbons (Fsp3) is 0.417. The van der Waals surface area contributed by atoms with Crippen molar-refractivity contribution in [3.63, 3.8) is 0 Å². The van der Waals surface area contributed by atoms with Crippen LogP contribution in [0, 0.1) is 18.3 Å². The average Bonchev–Trinajstić information content (AvgIpc) is 2.35. The number of rotatable bonds is 4. The Bertz CT molecular complexity index is 452. The lowest BCUT2D eigenvalue weighted by molar-refractivity contribution is -0.140. The van der Waals surface area contributed by atoms with Gasteiger partial charge in [0, 0.05) is 19.8 Å². The molecule has 1 aromatic heterocycles. The number of aryl methyl sites for hydroxylation is 1. The molecule has 5 heteroatoms. The number of esters is 1. The number of methoxy groups -OCH3 is 1. The summed E-state index contributed by atoms with van der Waals surface area (Å²) >= 11 is 0. The Morgan fingerprint density at radius 2 is 2.35 bits per heavy atom. The fourth-order valence-electron chi connectivity index (χ4n) is 1.44. The van der Waals surface area contributed by atoms with E-state index in [1.54, 1.807) is 24.2 Å². The summed E-state index contributed by atoms with van der Waals surface area (Å²) in [6, 6.07) is 3.91. The predicted octanol–water partition coefficient (Wildman–Crippen LogP) is 1.26.